The Bertz CT molecular complexity index is 499. The highest BCUT2D eigenvalue weighted by molar-refractivity contribution is 5.84. The molecule has 6 heteroatoms. The zero-order valence-electron chi connectivity index (χ0n) is 9.85. The largest absolute Gasteiger partial charge is 0.454 e. The van der Waals surface area contributed by atoms with E-state index in [0.717, 1.165) is 42.5 Å². The Balaban J connectivity index is 1.63. The number of hydrogen-bond donors (Lipinski definition) is 2. The van der Waals surface area contributed by atoms with Gasteiger partial charge in [-0.05, 0) is 30.2 Å². The summed E-state index contributed by atoms with van der Waals surface area (Å²) in [5.74, 6) is 2.25. The lowest BCUT2D eigenvalue weighted by Crippen LogP contribution is -2.38. The van der Waals surface area contributed by atoms with Gasteiger partial charge >= 0.3 is 0 Å². The summed E-state index contributed by atoms with van der Waals surface area (Å²) >= 11 is 0. The average molecular weight is 246 g/mol. The smallest absolute Gasteiger partial charge is 0.231 e. The zero-order chi connectivity index (χ0) is 12.2. The van der Waals surface area contributed by atoms with Crippen LogP contribution in [0.2, 0.25) is 0 Å². The van der Waals surface area contributed by atoms with Crippen molar-refractivity contribution in [2.45, 2.75) is 6.42 Å². The molecule has 0 radical (unpaired) electrons. The number of guanidine groups is 1. The van der Waals surface area contributed by atoms with Crippen molar-refractivity contribution < 1.29 is 9.47 Å². The normalized spacial score (nSPS) is 17.4. The first-order valence-corrected chi connectivity index (χ1v) is 5.89. The van der Waals surface area contributed by atoms with Gasteiger partial charge in [-0.2, -0.15) is 5.10 Å². The molecule has 0 unspecified atom stereocenters. The molecular weight excluding hydrogens is 232 g/mol. The fourth-order valence-electron chi connectivity index (χ4n) is 1.77. The molecule has 6 nitrogen and oxygen atoms in total. The van der Waals surface area contributed by atoms with Gasteiger partial charge in [0, 0.05) is 13.1 Å². The van der Waals surface area contributed by atoms with Crippen molar-refractivity contribution in [3.63, 3.8) is 0 Å². The summed E-state index contributed by atoms with van der Waals surface area (Å²) in [6.07, 6.45) is 2.79. The lowest BCUT2D eigenvalue weighted by molar-refractivity contribution is 0.174. The number of hydrogen-bond acceptors (Lipinski definition) is 6. The molecule has 18 heavy (non-hydrogen) atoms. The van der Waals surface area contributed by atoms with Crippen LogP contribution in [0.5, 0.6) is 11.5 Å². The minimum atomic E-state index is 0.287. The second-order valence-corrected chi connectivity index (χ2v) is 3.99. The Labute approximate surface area is 105 Å². The number of fused-ring (bicyclic) bond motifs is 1. The van der Waals surface area contributed by atoms with Gasteiger partial charge in [0.15, 0.2) is 11.5 Å². The maximum Gasteiger partial charge on any atom is 0.231 e. The maximum absolute atomic E-state index is 5.30. The first-order valence-electron chi connectivity index (χ1n) is 5.89. The highest BCUT2D eigenvalue weighted by Gasteiger charge is 2.12. The number of nitrogens with one attached hydrogen (secondary N) is 2. The van der Waals surface area contributed by atoms with Gasteiger partial charge in [-0.1, -0.05) is 0 Å². The van der Waals surface area contributed by atoms with Crippen LogP contribution in [0.1, 0.15) is 12.0 Å². The van der Waals surface area contributed by atoms with E-state index in [1.807, 2.05) is 18.2 Å². The molecule has 2 N–H and O–H groups in total. The van der Waals surface area contributed by atoms with E-state index in [1.165, 1.54) is 0 Å². The molecule has 1 aromatic carbocycles. The minimum Gasteiger partial charge on any atom is -0.454 e. The van der Waals surface area contributed by atoms with Crippen LogP contribution in [0.3, 0.4) is 0 Å². The van der Waals surface area contributed by atoms with Gasteiger partial charge in [0.1, 0.15) is 0 Å². The van der Waals surface area contributed by atoms with E-state index in [2.05, 4.69) is 20.8 Å². The van der Waals surface area contributed by atoms with E-state index in [9.17, 15) is 0 Å². The molecule has 0 aromatic heterocycles. The number of hydrazone groups is 1. The molecule has 2 aliphatic heterocycles. The predicted octanol–water partition coefficient (Wildman–Crippen LogP) is 0.688. The van der Waals surface area contributed by atoms with E-state index in [1.54, 1.807) is 6.21 Å². The van der Waals surface area contributed by atoms with Gasteiger partial charge in [-0.3, -0.25) is 4.99 Å². The van der Waals surface area contributed by atoms with Crippen LogP contribution in [0.15, 0.2) is 28.3 Å². The molecule has 0 fully saturated rings. The van der Waals surface area contributed by atoms with Crippen molar-refractivity contribution in [1.29, 1.82) is 0 Å². The van der Waals surface area contributed by atoms with Gasteiger partial charge in [0.25, 0.3) is 0 Å². The highest BCUT2D eigenvalue weighted by atomic mass is 16.7. The molecule has 2 aliphatic rings. The van der Waals surface area contributed by atoms with Crippen molar-refractivity contribution in [2.75, 3.05) is 19.9 Å². The predicted molar refractivity (Wildman–Crippen MR) is 68.2 cm³/mol. The number of ether oxygens (including phenoxy) is 2. The summed E-state index contributed by atoms with van der Waals surface area (Å²) < 4.78 is 10.5. The Morgan fingerprint density at radius 2 is 2.28 bits per heavy atom. The number of benzene rings is 1. The quantitative estimate of drug-likeness (QED) is 0.595. The molecule has 2 heterocycles. The molecule has 1 aromatic rings. The monoisotopic (exact) mass is 246 g/mol. The molecule has 0 spiro atoms. The lowest BCUT2D eigenvalue weighted by Gasteiger charge is -2.12. The van der Waals surface area contributed by atoms with E-state index in [4.69, 9.17) is 9.47 Å². The topological polar surface area (TPSA) is 67.2 Å². The van der Waals surface area contributed by atoms with Gasteiger partial charge in [0.05, 0.1) is 6.21 Å². The second kappa shape index (κ2) is 4.95. The van der Waals surface area contributed by atoms with Crippen molar-refractivity contribution in [2.24, 2.45) is 10.1 Å². The van der Waals surface area contributed by atoms with Crippen LogP contribution >= 0.6 is 0 Å². The SMILES string of the molecule is C(=N\NC1=NCCCN1)/c1ccc2c(c1)OCO2. The lowest BCUT2D eigenvalue weighted by atomic mass is 10.2. The molecule has 0 aliphatic carbocycles. The van der Waals surface area contributed by atoms with Crippen LogP contribution in [0.4, 0.5) is 0 Å². The summed E-state index contributed by atoms with van der Waals surface area (Å²) in [5.41, 5.74) is 3.82. The van der Waals surface area contributed by atoms with Gasteiger partial charge in [-0.25, -0.2) is 5.43 Å². The van der Waals surface area contributed by atoms with Gasteiger partial charge in [-0.15, -0.1) is 0 Å². The van der Waals surface area contributed by atoms with Crippen molar-refractivity contribution in [3.8, 4) is 11.5 Å². The summed E-state index contributed by atoms with van der Waals surface area (Å²) in [6, 6.07) is 5.69. The molecule has 0 saturated heterocycles. The van der Waals surface area contributed by atoms with Crippen molar-refractivity contribution >= 4 is 12.2 Å². The average Bonchev–Trinajstić information content (AvgIpc) is 2.87. The van der Waals surface area contributed by atoms with E-state index in [0.29, 0.717) is 0 Å². The van der Waals surface area contributed by atoms with Gasteiger partial charge in [0.2, 0.25) is 12.8 Å². The van der Waals surface area contributed by atoms with E-state index in [-0.39, 0.29) is 6.79 Å². The summed E-state index contributed by atoms with van der Waals surface area (Å²) in [7, 11) is 0. The molecule has 3 rings (SSSR count). The van der Waals surface area contributed by atoms with E-state index >= 15 is 0 Å². The minimum absolute atomic E-state index is 0.287. The summed E-state index contributed by atoms with van der Waals surface area (Å²) in [4.78, 5) is 4.25. The van der Waals surface area contributed by atoms with Crippen LogP contribution in [-0.4, -0.2) is 32.1 Å². The molecule has 94 valence electrons. The number of aliphatic imine (C=N–C) groups is 1. The summed E-state index contributed by atoms with van der Waals surface area (Å²) in [5, 5.41) is 7.25. The fraction of sp³-hybridized carbons (Fsp3) is 0.333. The third-order valence-electron chi connectivity index (χ3n) is 2.68. The number of rotatable bonds is 2. The van der Waals surface area contributed by atoms with Crippen LogP contribution in [0.25, 0.3) is 0 Å². The molecule has 0 atom stereocenters. The fourth-order valence-corrected chi connectivity index (χ4v) is 1.77. The standard InChI is InChI=1S/C12H14N4O2/c1-4-13-12(14-5-1)16-15-7-9-2-3-10-11(6-9)18-8-17-10/h2-3,6-7H,1,4-5,8H2,(H2,13,14,16)/b15-7+. The van der Waals surface area contributed by atoms with E-state index < -0.39 is 0 Å². The molecular formula is C12H14N4O2. The molecule has 0 bridgehead atoms. The van der Waals surface area contributed by atoms with Gasteiger partial charge < -0.3 is 14.8 Å². The van der Waals surface area contributed by atoms with Crippen LogP contribution < -0.4 is 20.2 Å². The van der Waals surface area contributed by atoms with Crippen LogP contribution in [0, 0.1) is 0 Å². The van der Waals surface area contributed by atoms with Crippen molar-refractivity contribution in [1.82, 2.24) is 10.7 Å². The highest BCUT2D eigenvalue weighted by Crippen LogP contribution is 2.31. The number of nitrogens with zero attached hydrogens (tertiary/aromatic N) is 2. The van der Waals surface area contributed by atoms with Crippen LogP contribution in [-0.2, 0) is 0 Å². The third kappa shape index (κ3) is 2.37. The van der Waals surface area contributed by atoms with Crippen molar-refractivity contribution in [3.05, 3.63) is 23.8 Å². The Morgan fingerprint density at radius 3 is 3.17 bits per heavy atom. The third-order valence-corrected chi connectivity index (χ3v) is 2.68. The molecule has 0 saturated carbocycles. The summed E-state index contributed by atoms with van der Waals surface area (Å²) in [6.45, 7) is 2.06. The Hall–Kier alpha value is -2.24. The Morgan fingerprint density at radius 1 is 1.33 bits per heavy atom. The Kier molecular flexibility index (Phi) is 2.99. The zero-order valence-corrected chi connectivity index (χ0v) is 9.85. The maximum atomic E-state index is 5.30. The second-order valence-electron chi connectivity index (χ2n) is 3.99. The molecule has 0 amide bonds. The first-order chi connectivity index (χ1) is 8.92. The first kappa shape index (κ1) is 10.9.